The van der Waals surface area contributed by atoms with Gasteiger partial charge in [0, 0.05) is 22.1 Å². The van der Waals surface area contributed by atoms with E-state index < -0.39 is 23.6 Å². The number of hydrogen-bond acceptors (Lipinski definition) is 5. The molecule has 0 spiro atoms. The van der Waals surface area contributed by atoms with E-state index in [1.54, 1.807) is 26.0 Å². The summed E-state index contributed by atoms with van der Waals surface area (Å²) in [6.45, 7) is 9.24. The molecule has 1 N–H and O–H groups in total. The van der Waals surface area contributed by atoms with Crippen molar-refractivity contribution in [2.45, 2.75) is 53.2 Å². The van der Waals surface area contributed by atoms with E-state index in [1.807, 2.05) is 20.8 Å². The number of furan rings is 1. The van der Waals surface area contributed by atoms with Crippen molar-refractivity contribution in [2.24, 2.45) is 11.3 Å². The van der Waals surface area contributed by atoms with Crippen molar-refractivity contribution in [3.8, 4) is 0 Å². The van der Waals surface area contributed by atoms with Gasteiger partial charge in [-0.2, -0.15) is 0 Å². The monoisotopic (exact) mass is 344 g/mol. The van der Waals surface area contributed by atoms with Crippen LogP contribution in [-0.2, 0) is 9.53 Å². The third-order valence-electron chi connectivity index (χ3n) is 5.82. The van der Waals surface area contributed by atoms with Crippen LogP contribution < -0.4 is 0 Å². The first-order valence-corrected chi connectivity index (χ1v) is 8.58. The molecule has 3 rings (SSSR count). The Hall–Kier alpha value is -2.14. The van der Waals surface area contributed by atoms with Crippen LogP contribution in [0.1, 0.15) is 61.9 Å². The van der Waals surface area contributed by atoms with Gasteiger partial charge < -0.3 is 14.3 Å². The van der Waals surface area contributed by atoms with Crippen molar-refractivity contribution in [3.05, 3.63) is 46.4 Å². The molecule has 4 atom stereocenters. The maximum absolute atomic E-state index is 13.0. The summed E-state index contributed by atoms with van der Waals surface area (Å²) in [5.74, 6) is -0.477. The van der Waals surface area contributed by atoms with E-state index >= 15 is 0 Å². The average Bonchev–Trinajstić information content (AvgIpc) is 2.95. The largest absolute Gasteiger partial charge is 0.460 e. The Morgan fingerprint density at radius 3 is 2.80 bits per heavy atom. The number of fused-ring (bicyclic) bond motifs is 2. The number of aryl methyl sites for hydroxylation is 1. The molecule has 0 bridgehead atoms. The number of aliphatic hydroxyl groups excluding tert-OH is 1. The van der Waals surface area contributed by atoms with Crippen molar-refractivity contribution >= 4 is 11.8 Å². The van der Waals surface area contributed by atoms with Crippen LogP contribution in [0.4, 0.5) is 0 Å². The fourth-order valence-electron chi connectivity index (χ4n) is 3.91. The highest BCUT2D eigenvalue weighted by atomic mass is 16.5. The van der Waals surface area contributed by atoms with Gasteiger partial charge in [0.05, 0.1) is 12.4 Å². The van der Waals surface area contributed by atoms with Crippen molar-refractivity contribution in [2.75, 3.05) is 0 Å². The zero-order valence-electron chi connectivity index (χ0n) is 15.3. The number of allylic oxidation sites excluding steroid dienone is 1. The van der Waals surface area contributed by atoms with Crippen molar-refractivity contribution in [1.29, 1.82) is 0 Å². The van der Waals surface area contributed by atoms with E-state index in [2.05, 4.69) is 0 Å². The van der Waals surface area contributed by atoms with Gasteiger partial charge in [-0.3, -0.25) is 4.79 Å². The van der Waals surface area contributed by atoms with Gasteiger partial charge in [-0.05, 0) is 44.7 Å². The topological polar surface area (TPSA) is 76.7 Å². The van der Waals surface area contributed by atoms with Gasteiger partial charge in [0.25, 0.3) is 0 Å². The number of carbonyl (C=O) groups excluding carboxylic acids is 2. The lowest BCUT2D eigenvalue weighted by Gasteiger charge is -2.48. The first-order chi connectivity index (χ1) is 11.7. The number of ether oxygens (including phenoxy) is 1. The second-order valence-corrected chi connectivity index (χ2v) is 7.31. The second kappa shape index (κ2) is 5.99. The Labute approximate surface area is 147 Å². The molecule has 0 saturated carbocycles. The number of hydrogen-bond donors (Lipinski definition) is 1. The highest BCUT2D eigenvalue weighted by Gasteiger charge is 2.56. The Bertz CT molecular complexity index is 797. The predicted molar refractivity (Wildman–Crippen MR) is 92.0 cm³/mol. The predicted octanol–water partition coefficient (Wildman–Crippen LogP) is 3.67. The minimum atomic E-state index is -0.707. The first-order valence-electron chi connectivity index (χ1n) is 8.58. The van der Waals surface area contributed by atoms with Gasteiger partial charge in [0.1, 0.15) is 6.10 Å². The fourth-order valence-corrected chi connectivity index (χ4v) is 3.91. The maximum atomic E-state index is 13.0. The molecule has 0 saturated heterocycles. The summed E-state index contributed by atoms with van der Waals surface area (Å²) in [5, 5.41) is 10.1. The number of esters is 1. The van der Waals surface area contributed by atoms with Crippen LogP contribution in [0, 0.1) is 18.3 Å². The Morgan fingerprint density at radius 2 is 2.16 bits per heavy atom. The van der Waals surface area contributed by atoms with E-state index in [9.17, 15) is 14.7 Å². The summed E-state index contributed by atoms with van der Waals surface area (Å²) in [5.41, 5.74) is 1.71. The lowest BCUT2D eigenvalue weighted by atomic mass is 9.58. The third-order valence-corrected chi connectivity index (χ3v) is 5.82. The summed E-state index contributed by atoms with van der Waals surface area (Å²) in [7, 11) is 0. The van der Waals surface area contributed by atoms with Crippen LogP contribution in [0.25, 0.3) is 0 Å². The maximum Gasteiger partial charge on any atom is 0.334 e. The van der Waals surface area contributed by atoms with Crippen LogP contribution >= 0.6 is 0 Å². The molecule has 1 aromatic heterocycles. The van der Waals surface area contributed by atoms with Gasteiger partial charge >= 0.3 is 5.97 Å². The zero-order valence-corrected chi connectivity index (χ0v) is 15.3. The molecular formula is C20H24O5. The molecular weight excluding hydrogens is 320 g/mol. The molecule has 0 amide bonds. The molecule has 0 radical (unpaired) electrons. The highest BCUT2D eigenvalue weighted by Crippen LogP contribution is 2.57. The smallest absolute Gasteiger partial charge is 0.334 e. The van der Waals surface area contributed by atoms with Crippen LogP contribution in [0.3, 0.4) is 0 Å². The minimum absolute atomic E-state index is 0.0439. The summed E-state index contributed by atoms with van der Waals surface area (Å²) < 4.78 is 11.4. The Balaban J connectivity index is 2.20. The quantitative estimate of drug-likeness (QED) is 0.654. The van der Waals surface area contributed by atoms with Gasteiger partial charge in [-0.1, -0.05) is 19.9 Å². The number of aliphatic hydroxyl groups is 1. The number of Topliss-reactive ketones (excluding diaryl/α,β-unsaturated/α-hetero) is 1. The van der Waals surface area contributed by atoms with Gasteiger partial charge in [0.15, 0.2) is 5.76 Å². The lowest BCUT2D eigenvalue weighted by molar-refractivity contribution is -0.153. The van der Waals surface area contributed by atoms with E-state index in [1.165, 1.54) is 6.26 Å². The second-order valence-electron chi connectivity index (χ2n) is 7.31. The van der Waals surface area contributed by atoms with Crippen molar-refractivity contribution in [1.82, 2.24) is 0 Å². The molecule has 0 aliphatic heterocycles. The Morgan fingerprint density at radius 1 is 1.48 bits per heavy atom. The van der Waals surface area contributed by atoms with E-state index in [0.29, 0.717) is 23.1 Å². The van der Waals surface area contributed by atoms with Crippen LogP contribution in [0.15, 0.2) is 34.0 Å². The van der Waals surface area contributed by atoms with E-state index in [4.69, 9.17) is 9.15 Å². The van der Waals surface area contributed by atoms with E-state index in [-0.39, 0.29) is 17.5 Å². The van der Waals surface area contributed by atoms with Crippen LogP contribution in [0.2, 0.25) is 0 Å². The summed E-state index contributed by atoms with van der Waals surface area (Å²) in [6, 6.07) is 0. The number of rotatable bonds is 2. The lowest BCUT2D eigenvalue weighted by Crippen LogP contribution is -2.47. The zero-order chi connectivity index (χ0) is 18.5. The summed E-state index contributed by atoms with van der Waals surface area (Å²) in [6.07, 6.45) is 4.01. The average molecular weight is 344 g/mol. The third kappa shape index (κ3) is 2.49. The molecule has 134 valence electrons. The minimum Gasteiger partial charge on any atom is -0.460 e. The molecule has 25 heavy (non-hydrogen) atoms. The summed E-state index contributed by atoms with van der Waals surface area (Å²) >= 11 is 0. The van der Waals surface area contributed by atoms with Gasteiger partial charge in [-0.25, -0.2) is 4.79 Å². The normalized spacial score (nSPS) is 31.9. The summed E-state index contributed by atoms with van der Waals surface area (Å²) in [4.78, 5) is 25.4. The van der Waals surface area contributed by atoms with Crippen molar-refractivity contribution < 1.29 is 23.8 Å². The molecule has 0 fully saturated rings. The van der Waals surface area contributed by atoms with Crippen LogP contribution in [-0.4, -0.2) is 23.0 Å². The molecule has 1 heterocycles. The molecule has 5 nitrogen and oxygen atoms in total. The number of carbonyl (C=O) groups is 2. The van der Waals surface area contributed by atoms with Gasteiger partial charge in [-0.15, -0.1) is 0 Å². The fraction of sp³-hybridized carbons (Fsp3) is 0.500. The molecule has 2 aliphatic rings. The molecule has 0 unspecified atom stereocenters. The van der Waals surface area contributed by atoms with E-state index in [0.717, 1.165) is 5.56 Å². The van der Waals surface area contributed by atoms with Crippen molar-refractivity contribution in [3.63, 3.8) is 0 Å². The van der Waals surface area contributed by atoms with Crippen LogP contribution in [0.5, 0.6) is 0 Å². The number of ketones is 1. The SMILES string of the molecule is CC=C(C)C(=O)O[C@@H]1c2c(C)coc2C(=O)C2=C[C@H](O)C[C@H](C)[C@]21C. The first kappa shape index (κ1) is 17.7. The molecule has 1 aromatic rings. The molecule has 0 aromatic carbocycles. The molecule has 2 aliphatic carbocycles. The highest BCUT2D eigenvalue weighted by molar-refractivity contribution is 6.10. The van der Waals surface area contributed by atoms with Gasteiger partial charge in [0.2, 0.25) is 5.78 Å². The standard InChI is InChI=1S/C20H24O5/c1-6-10(2)19(23)25-18-15-11(3)9-24-17(15)16(22)14-8-13(21)7-12(4)20(14,18)5/h6,8-9,12-13,18,21H,7H2,1-5H3/t12-,13+,18+,20+/m0/s1. The molecule has 5 heteroatoms. The Kier molecular flexibility index (Phi) is 4.23.